The van der Waals surface area contributed by atoms with Crippen LogP contribution in [0.4, 0.5) is 13.2 Å². The lowest BCUT2D eigenvalue weighted by Gasteiger charge is -2.38. The maximum Gasteiger partial charge on any atom is 0.416 e. The van der Waals surface area contributed by atoms with Crippen LogP contribution in [0.5, 0.6) is 0 Å². The molecule has 1 aromatic heterocycles. The number of nitrogens with zero attached hydrogens (tertiary/aromatic N) is 5. The first-order valence-corrected chi connectivity index (χ1v) is 15.4. The van der Waals surface area contributed by atoms with Crippen molar-refractivity contribution in [3.8, 4) is 6.07 Å². The summed E-state index contributed by atoms with van der Waals surface area (Å²) in [6.07, 6.45) is -0.850. The number of carbonyl (C=O) groups excluding carboxylic acids is 1. The van der Waals surface area contributed by atoms with Gasteiger partial charge >= 0.3 is 6.18 Å². The molecule has 3 rings (SSSR count). The molecule has 8 nitrogen and oxygen atoms in total. The third kappa shape index (κ3) is 10.1. The van der Waals surface area contributed by atoms with E-state index in [9.17, 15) is 18.0 Å². The Kier molecular flexibility index (Phi) is 13.1. The van der Waals surface area contributed by atoms with E-state index in [1.54, 1.807) is 30.7 Å². The van der Waals surface area contributed by atoms with Gasteiger partial charge in [-0.15, -0.1) is 0 Å². The van der Waals surface area contributed by atoms with Gasteiger partial charge in [0.05, 0.1) is 35.6 Å². The molecule has 0 saturated heterocycles. The van der Waals surface area contributed by atoms with Gasteiger partial charge < -0.3 is 25.4 Å². The minimum Gasteiger partial charge on any atom is -0.362 e. The summed E-state index contributed by atoms with van der Waals surface area (Å²) < 4.78 is 43.7. The predicted octanol–water partition coefficient (Wildman–Crippen LogP) is 5.21. The second kappa shape index (κ2) is 16.5. The molecule has 1 heterocycles. The second-order valence-corrected chi connectivity index (χ2v) is 11.9. The Morgan fingerprint density at radius 1 is 1.18 bits per heavy atom. The Morgan fingerprint density at radius 2 is 1.87 bits per heavy atom. The zero-order valence-electron chi connectivity index (χ0n) is 26.2. The summed E-state index contributed by atoms with van der Waals surface area (Å²) in [5, 5.41) is 12.5. The van der Waals surface area contributed by atoms with E-state index in [1.807, 2.05) is 49.5 Å². The minimum absolute atomic E-state index is 0.0220. The number of nitrogens with two attached hydrogens (primary N) is 1. The van der Waals surface area contributed by atoms with Gasteiger partial charge in [-0.3, -0.25) is 4.79 Å². The van der Waals surface area contributed by atoms with E-state index >= 15 is 0 Å². The number of alkyl halides is 3. The van der Waals surface area contributed by atoms with Gasteiger partial charge in [0.15, 0.2) is 5.11 Å². The molecular weight excluding hydrogens is 599 g/mol. The van der Waals surface area contributed by atoms with Crippen molar-refractivity contribution in [2.24, 2.45) is 17.6 Å². The quantitative estimate of drug-likeness (QED) is 0.133. The largest absolute Gasteiger partial charge is 0.416 e. The normalized spacial score (nSPS) is 13.6. The average Bonchev–Trinajstić information content (AvgIpc) is 3.43. The maximum absolute atomic E-state index is 14.0. The molecule has 0 aliphatic rings. The molecule has 0 aliphatic carbocycles. The van der Waals surface area contributed by atoms with Crippen molar-refractivity contribution >= 4 is 23.1 Å². The summed E-state index contributed by atoms with van der Waals surface area (Å²) in [6, 6.07) is 14.6. The first kappa shape index (κ1) is 35.7. The molecule has 0 bridgehead atoms. The number of hydrogen-bond donors (Lipinski definition) is 2. The lowest BCUT2D eigenvalue weighted by atomic mass is 9.83. The fourth-order valence-corrected chi connectivity index (χ4v) is 5.52. The second-order valence-electron chi connectivity index (χ2n) is 11.5. The lowest BCUT2D eigenvalue weighted by Crippen LogP contribution is -2.56. The number of aromatic nitrogens is 2. The van der Waals surface area contributed by atoms with Crippen molar-refractivity contribution in [2.45, 2.75) is 58.5 Å². The monoisotopic (exact) mass is 641 g/mol. The van der Waals surface area contributed by atoms with Crippen LogP contribution < -0.4 is 11.1 Å². The fourth-order valence-electron chi connectivity index (χ4n) is 5.23. The highest BCUT2D eigenvalue weighted by Crippen LogP contribution is 2.33. The highest BCUT2D eigenvalue weighted by Gasteiger charge is 2.38. The maximum atomic E-state index is 14.0. The van der Waals surface area contributed by atoms with E-state index in [-0.39, 0.29) is 35.3 Å². The van der Waals surface area contributed by atoms with Gasteiger partial charge in [0.25, 0.3) is 0 Å². The number of nitriles is 1. The number of hydrogen-bond acceptors (Lipinski definition) is 6. The molecule has 3 N–H and O–H groups in total. The highest BCUT2D eigenvalue weighted by molar-refractivity contribution is 7.80. The molecule has 0 saturated carbocycles. The third-order valence-electron chi connectivity index (χ3n) is 7.93. The van der Waals surface area contributed by atoms with E-state index in [0.717, 1.165) is 24.6 Å². The van der Waals surface area contributed by atoms with Gasteiger partial charge in [0.2, 0.25) is 0 Å². The Morgan fingerprint density at radius 3 is 2.49 bits per heavy atom. The van der Waals surface area contributed by atoms with Gasteiger partial charge in [-0.2, -0.15) is 18.4 Å². The molecular formula is C33H42F3N7OS. The molecule has 0 radical (unpaired) electrons. The van der Waals surface area contributed by atoms with Crippen molar-refractivity contribution < 1.29 is 18.0 Å². The standard InChI is InChI=1S/C33H42F3N7OS/c1-5-23(2)30(29(44)17-27-19-39-22-42(27)20-25-13-11-24(18-37)12-14-25)31(38)43(32(45)40-15-8-16-41(3)4)21-26-9-6-7-10-28(26)33(34,35)36/h6-7,9-14,19,22-23,30-31H,5,8,15-17,20-21,38H2,1-4H3,(H,40,45)/t23-,30+,31?/m0/s1. The summed E-state index contributed by atoms with van der Waals surface area (Å²) in [5.74, 6) is -1.06. The molecule has 12 heteroatoms. The van der Waals surface area contributed by atoms with Crippen LogP contribution in [0.25, 0.3) is 0 Å². The SMILES string of the molecule is CC[C@H](C)[C@H](C(=O)Cc1cncn1Cc1ccc(C#N)cc1)C(N)N(Cc1ccccc1C(F)(F)F)C(=S)NCCCN(C)C. The van der Waals surface area contributed by atoms with E-state index < -0.39 is 23.8 Å². The summed E-state index contributed by atoms with van der Waals surface area (Å²) >= 11 is 5.72. The summed E-state index contributed by atoms with van der Waals surface area (Å²) in [5.41, 5.74) is 8.29. The Labute approximate surface area is 269 Å². The number of halogens is 3. The highest BCUT2D eigenvalue weighted by atomic mass is 32.1. The first-order valence-electron chi connectivity index (χ1n) is 15.0. The Balaban J connectivity index is 1.90. The number of imidazole rings is 1. The molecule has 2 aromatic carbocycles. The lowest BCUT2D eigenvalue weighted by molar-refractivity contribution is -0.138. The van der Waals surface area contributed by atoms with E-state index in [0.29, 0.717) is 30.8 Å². The predicted molar refractivity (Wildman–Crippen MR) is 173 cm³/mol. The third-order valence-corrected chi connectivity index (χ3v) is 8.31. The van der Waals surface area contributed by atoms with Crippen molar-refractivity contribution in [3.05, 3.63) is 89.0 Å². The van der Waals surface area contributed by atoms with Gasteiger partial charge in [-0.25, -0.2) is 4.98 Å². The molecule has 45 heavy (non-hydrogen) atoms. The molecule has 242 valence electrons. The topological polar surface area (TPSA) is 103 Å². The van der Waals surface area contributed by atoms with Crippen molar-refractivity contribution in [2.75, 3.05) is 27.2 Å². The zero-order valence-corrected chi connectivity index (χ0v) is 27.0. The fraction of sp³-hybridized carbons (Fsp3) is 0.455. The van der Waals surface area contributed by atoms with Crippen LogP contribution in [0.2, 0.25) is 0 Å². The van der Waals surface area contributed by atoms with Crippen LogP contribution in [-0.4, -0.2) is 63.6 Å². The number of benzene rings is 2. The first-order chi connectivity index (χ1) is 21.3. The number of nitrogens with one attached hydrogen (secondary N) is 1. The molecule has 0 aliphatic heterocycles. The van der Waals surface area contributed by atoms with Crippen molar-refractivity contribution in [1.82, 2.24) is 24.7 Å². The van der Waals surface area contributed by atoms with E-state index in [1.165, 1.54) is 17.0 Å². The van der Waals surface area contributed by atoms with Crippen molar-refractivity contribution in [1.29, 1.82) is 5.26 Å². The summed E-state index contributed by atoms with van der Waals surface area (Å²) in [7, 11) is 3.90. The summed E-state index contributed by atoms with van der Waals surface area (Å²) in [6.45, 7) is 5.41. The van der Waals surface area contributed by atoms with Gasteiger partial charge in [-0.1, -0.05) is 50.6 Å². The van der Waals surface area contributed by atoms with Crippen LogP contribution >= 0.6 is 12.2 Å². The smallest absolute Gasteiger partial charge is 0.362 e. The van der Waals surface area contributed by atoms with Crippen LogP contribution in [0.15, 0.2) is 61.1 Å². The molecule has 1 unspecified atom stereocenters. The van der Waals surface area contributed by atoms with Crippen LogP contribution in [-0.2, 0) is 30.5 Å². The van der Waals surface area contributed by atoms with Crippen LogP contribution in [0.1, 0.15) is 54.6 Å². The number of rotatable bonds is 15. The van der Waals surface area contributed by atoms with Crippen LogP contribution in [0, 0.1) is 23.2 Å². The molecule has 0 amide bonds. The number of ketones is 1. The Bertz CT molecular complexity index is 1450. The minimum atomic E-state index is -4.56. The molecule has 0 spiro atoms. The van der Waals surface area contributed by atoms with Crippen molar-refractivity contribution in [3.63, 3.8) is 0 Å². The molecule has 3 aromatic rings. The van der Waals surface area contributed by atoms with Gasteiger partial charge in [-0.05, 0) is 74.5 Å². The van der Waals surface area contributed by atoms with Gasteiger partial charge in [0, 0.05) is 37.9 Å². The molecule has 0 fully saturated rings. The summed E-state index contributed by atoms with van der Waals surface area (Å²) in [4.78, 5) is 21.9. The molecule has 3 atom stereocenters. The Hall–Kier alpha value is -3.79. The van der Waals surface area contributed by atoms with E-state index in [2.05, 4.69) is 16.4 Å². The van der Waals surface area contributed by atoms with Crippen LogP contribution in [0.3, 0.4) is 0 Å². The van der Waals surface area contributed by atoms with E-state index in [4.69, 9.17) is 23.2 Å². The average molecular weight is 642 g/mol. The zero-order chi connectivity index (χ0) is 33.1. The number of Topliss-reactive ketones (excluding diaryl/α,β-unsaturated/α-hetero) is 1. The van der Waals surface area contributed by atoms with Gasteiger partial charge in [0.1, 0.15) is 5.78 Å². The number of carbonyl (C=O) groups is 1. The number of thiocarbonyl (C=S) groups is 1.